The van der Waals surface area contributed by atoms with Gasteiger partial charge in [0.25, 0.3) is 5.91 Å². The number of aryl methyl sites for hydroxylation is 1. The van der Waals surface area contributed by atoms with Gasteiger partial charge in [-0.25, -0.2) is 4.98 Å². The standard InChI is InChI=1S/C19H24N2O4S/c1-4-14-5-7-15(8-6-14)19-21-16(12-26-19)11-17(22)25-13(2)18(23)20-9-10-24-3/h5-8,12-13H,4,9-11H2,1-3H3,(H,20,23)/t13-/m0/s1. The Bertz CT molecular complexity index is 727. The maximum Gasteiger partial charge on any atom is 0.312 e. The molecule has 2 rings (SSSR count). The van der Waals surface area contributed by atoms with Crippen LogP contribution in [-0.2, 0) is 31.9 Å². The first-order valence-electron chi connectivity index (χ1n) is 8.53. The number of aromatic nitrogens is 1. The highest BCUT2D eigenvalue weighted by Gasteiger charge is 2.18. The largest absolute Gasteiger partial charge is 0.452 e. The number of hydrogen-bond acceptors (Lipinski definition) is 6. The molecule has 0 spiro atoms. The van der Waals surface area contributed by atoms with Crippen LogP contribution in [0.2, 0.25) is 0 Å². The van der Waals surface area contributed by atoms with E-state index in [1.54, 1.807) is 14.0 Å². The van der Waals surface area contributed by atoms with Crippen LogP contribution in [-0.4, -0.2) is 43.2 Å². The molecular weight excluding hydrogens is 352 g/mol. The topological polar surface area (TPSA) is 77.5 Å². The zero-order valence-electron chi connectivity index (χ0n) is 15.3. The first kappa shape index (κ1) is 20.1. The summed E-state index contributed by atoms with van der Waals surface area (Å²) in [7, 11) is 1.55. The number of ether oxygens (including phenoxy) is 2. The van der Waals surface area contributed by atoms with E-state index in [-0.39, 0.29) is 12.3 Å². The van der Waals surface area contributed by atoms with Crippen LogP contribution in [0.5, 0.6) is 0 Å². The third kappa shape index (κ3) is 5.93. The summed E-state index contributed by atoms with van der Waals surface area (Å²) in [5, 5.41) is 5.34. The van der Waals surface area contributed by atoms with E-state index >= 15 is 0 Å². The number of thiazole rings is 1. The van der Waals surface area contributed by atoms with Crippen molar-refractivity contribution < 1.29 is 19.1 Å². The Morgan fingerprint density at radius 2 is 2.00 bits per heavy atom. The van der Waals surface area contributed by atoms with Crippen molar-refractivity contribution in [2.24, 2.45) is 0 Å². The van der Waals surface area contributed by atoms with Crippen LogP contribution < -0.4 is 5.32 Å². The Hall–Kier alpha value is -2.25. The molecule has 1 atom stereocenters. The summed E-state index contributed by atoms with van der Waals surface area (Å²) < 4.78 is 10.0. The van der Waals surface area contributed by atoms with E-state index in [1.165, 1.54) is 16.9 Å². The van der Waals surface area contributed by atoms with Gasteiger partial charge in [0.2, 0.25) is 0 Å². The van der Waals surface area contributed by atoms with Crippen LogP contribution in [0.1, 0.15) is 25.1 Å². The first-order chi connectivity index (χ1) is 12.5. The van der Waals surface area contributed by atoms with Gasteiger partial charge < -0.3 is 14.8 Å². The highest BCUT2D eigenvalue weighted by Crippen LogP contribution is 2.24. The highest BCUT2D eigenvalue weighted by molar-refractivity contribution is 7.13. The van der Waals surface area contributed by atoms with Crippen molar-refractivity contribution in [3.05, 3.63) is 40.9 Å². The van der Waals surface area contributed by atoms with Crippen LogP contribution in [0, 0.1) is 0 Å². The summed E-state index contributed by atoms with van der Waals surface area (Å²) in [4.78, 5) is 28.3. The minimum absolute atomic E-state index is 0.0409. The van der Waals surface area contributed by atoms with Crippen LogP contribution >= 0.6 is 11.3 Å². The van der Waals surface area contributed by atoms with Crippen molar-refractivity contribution in [1.82, 2.24) is 10.3 Å². The second-order valence-electron chi connectivity index (χ2n) is 5.79. The molecule has 1 N–H and O–H groups in total. The fourth-order valence-electron chi connectivity index (χ4n) is 2.26. The molecule has 0 saturated heterocycles. The van der Waals surface area contributed by atoms with Crippen molar-refractivity contribution in [1.29, 1.82) is 0 Å². The van der Waals surface area contributed by atoms with Gasteiger partial charge in [0.1, 0.15) is 5.01 Å². The lowest BCUT2D eigenvalue weighted by Gasteiger charge is -2.12. The quantitative estimate of drug-likeness (QED) is 0.538. The minimum atomic E-state index is -0.848. The van der Waals surface area contributed by atoms with E-state index in [2.05, 4.69) is 29.4 Å². The number of benzene rings is 1. The number of amides is 1. The monoisotopic (exact) mass is 376 g/mol. The lowest BCUT2D eigenvalue weighted by Crippen LogP contribution is -2.37. The molecule has 1 heterocycles. The van der Waals surface area contributed by atoms with Crippen LogP contribution in [0.15, 0.2) is 29.6 Å². The average molecular weight is 376 g/mol. The van der Waals surface area contributed by atoms with Crippen LogP contribution in [0.3, 0.4) is 0 Å². The van der Waals surface area contributed by atoms with Gasteiger partial charge >= 0.3 is 5.97 Å². The number of rotatable bonds is 9. The van der Waals surface area contributed by atoms with Crippen molar-refractivity contribution in [3.8, 4) is 10.6 Å². The zero-order valence-corrected chi connectivity index (χ0v) is 16.1. The van der Waals surface area contributed by atoms with Gasteiger partial charge in [-0.15, -0.1) is 11.3 Å². The minimum Gasteiger partial charge on any atom is -0.452 e. The number of methoxy groups -OCH3 is 1. The van der Waals surface area contributed by atoms with Gasteiger partial charge in [-0.3, -0.25) is 9.59 Å². The maximum absolute atomic E-state index is 12.0. The Labute approximate surface area is 157 Å². The first-order valence-corrected chi connectivity index (χ1v) is 9.41. The molecule has 0 saturated carbocycles. The summed E-state index contributed by atoms with van der Waals surface area (Å²) in [6.07, 6.45) is 0.185. The lowest BCUT2D eigenvalue weighted by atomic mass is 10.1. The molecule has 0 aliphatic carbocycles. The molecule has 0 aliphatic rings. The van der Waals surface area contributed by atoms with E-state index in [9.17, 15) is 9.59 Å². The van der Waals surface area contributed by atoms with Crippen molar-refractivity contribution in [2.45, 2.75) is 32.8 Å². The van der Waals surface area contributed by atoms with Gasteiger partial charge in [-0.05, 0) is 18.9 Å². The van der Waals surface area contributed by atoms with Gasteiger partial charge in [0, 0.05) is 24.6 Å². The summed E-state index contributed by atoms with van der Waals surface area (Å²) in [5.74, 6) is -0.817. The highest BCUT2D eigenvalue weighted by atomic mass is 32.1. The second kappa shape index (κ2) is 10.0. The molecule has 140 valence electrons. The summed E-state index contributed by atoms with van der Waals surface area (Å²) in [6.45, 7) is 4.44. The van der Waals surface area contributed by atoms with Gasteiger partial charge in [-0.2, -0.15) is 0 Å². The molecule has 0 bridgehead atoms. The van der Waals surface area contributed by atoms with Crippen molar-refractivity contribution in [3.63, 3.8) is 0 Å². The van der Waals surface area contributed by atoms with Gasteiger partial charge in [-0.1, -0.05) is 31.2 Å². The van der Waals surface area contributed by atoms with E-state index in [0.717, 1.165) is 17.0 Å². The molecule has 0 unspecified atom stereocenters. The van der Waals surface area contributed by atoms with Crippen molar-refractivity contribution >= 4 is 23.2 Å². The van der Waals surface area contributed by atoms with Gasteiger partial charge in [0.05, 0.1) is 18.7 Å². The molecule has 2 aromatic rings. The SMILES string of the molecule is CCc1ccc(-c2nc(CC(=O)O[C@@H](C)C(=O)NCCOC)cs2)cc1. The third-order valence-electron chi connectivity index (χ3n) is 3.77. The van der Waals surface area contributed by atoms with Crippen molar-refractivity contribution in [2.75, 3.05) is 20.3 Å². The Morgan fingerprint density at radius 1 is 1.27 bits per heavy atom. The number of nitrogens with zero attached hydrogens (tertiary/aromatic N) is 1. The molecule has 7 heteroatoms. The Balaban J connectivity index is 1.87. The number of nitrogens with one attached hydrogen (secondary N) is 1. The molecule has 0 aliphatic heterocycles. The van der Waals surface area contributed by atoms with E-state index in [1.807, 2.05) is 17.5 Å². The number of hydrogen-bond donors (Lipinski definition) is 1. The fourth-order valence-corrected chi connectivity index (χ4v) is 3.09. The molecule has 6 nitrogen and oxygen atoms in total. The average Bonchev–Trinajstić information content (AvgIpc) is 3.10. The lowest BCUT2D eigenvalue weighted by molar-refractivity contribution is -0.154. The van der Waals surface area contributed by atoms with Crippen LogP contribution in [0.4, 0.5) is 0 Å². The Morgan fingerprint density at radius 3 is 2.65 bits per heavy atom. The maximum atomic E-state index is 12.0. The normalized spacial score (nSPS) is 11.8. The van der Waals surface area contributed by atoms with E-state index < -0.39 is 12.1 Å². The van der Waals surface area contributed by atoms with Gasteiger partial charge in [0.15, 0.2) is 6.10 Å². The Kier molecular flexibility index (Phi) is 7.74. The zero-order chi connectivity index (χ0) is 18.9. The number of carbonyl (C=O) groups is 2. The summed E-state index contributed by atoms with van der Waals surface area (Å²) in [5.41, 5.74) is 2.94. The molecule has 0 fully saturated rings. The predicted molar refractivity (Wildman–Crippen MR) is 101 cm³/mol. The predicted octanol–water partition coefficient (Wildman–Crippen LogP) is 2.61. The molecule has 0 radical (unpaired) electrons. The third-order valence-corrected chi connectivity index (χ3v) is 4.71. The number of esters is 1. The fraction of sp³-hybridized carbons (Fsp3) is 0.421. The molecule has 1 aromatic heterocycles. The molecule has 26 heavy (non-hydrogen) atoms. The smallest absolute Gasteiger partial charge is 0.312 e. The number of carbonyl (C=O) groups excluding carboxylic acids is 2. The van der Waals surface area contributed by atoms with Crippen LogP contribution in [0.25, 0.3) is 10.6 Å². The van der Waals surface area contributed by atoms with E-state index in [0.29, 0.717) is 18.8 Å². The van der Waals surface area contributed by atoms with E-state index in [4.69, 9.17) is 9.47 Å². The molecule has 1 amide bonds. The molecule has 1 aromatic carbocycles. The molecular formula is C19H24N2O4S. The summed E-state index contributed by atoms with van der Waals surface area (Å²) in [6, 6.07) is 8.22. The second-order valence-corrected chi connectivity index (χ2v) is 6.65. The summed E-state index contributed by atoms with van der Waals surface area (Å²) >= 11 is 1.48.